The van der Waals surface area contributed by atoms with E-state index in [0.717, 1.165) is 12.5 Å². The third-order valence-electron chi connectivity index (χ3n) is 5.23. The minimum Gasteiger partial charge on any atom is -0.309 e. The Kier molecular flexibility index (Phi) is 5.51. The van der Waals surface area contributed by atoms with E-state index in [0.29, 0.717) is 6.04 Å². The highest BCUT2D eigenvalue weighted by atomic mass is 14.9. The lowest BCUT2D eigenvalue weighted by molar-refractivity contribution is 0.272. The van der Waals surface area contributed by atoms with Crippen molar-refractivity contribution in [2.45, 2.75) is 63.8 Å². The molecule has 0 aromatic heterocycles. The van der Waals surface area contributed by atoms with Gasteiger partial charge in [0.05, 0.1) is 0 Å². The maximum atomic E-state index is 3.89. The second-order valence-electron chi connectivity index (χ2n) is 6.75. The molecule has 0 aliphatic heterocycles. The summed E-state index contributed by atoms with van der Waals surface area (Å²) in [5, 5.41) is 3.89. The van der Waals surface area contributed by atoms with E-state index in [1.54, 1.807) is 5.57 Å². The second-order valence-corrected chi connectivity index (χ2v) is 6.75. The van der Waals surface area contributed by atoms with Gasteiger partial charge in [0.25, 0.3) is 0 Å². The Morgan fingerprint density at radius 1 is 1.00 bits per heavy atom. The van der Waals surface area contributed by atoms with Gasteiger partial charge in [0.15, 0.2) is 0 Å². The highest BCUT2D eigenvalue weighted by Gasteiger charge is 2.24. The molecule has 1 heteroatoms. The maximum absolute atomic E-state index is 3.89. The summed E-state index contributed by atoms with van der Waals surface area (Å²) < 4.78 is 0. The fraction of sp³-hybridized carbons (Fsp3) is 0.600. The molecule has 21 heavy (non-hydrogen) atoms. The summed E-state index contributed by atoms with van der Waals surface area (Å²) in [6.07, 6.45) is 14.8. The SMILES string of the molecule is C1=C(CCNC(c2ccccc2)C2CCCCC2)CCC1. The van der Waals surface area contributed by atoms with Crippen molar-refractivity contribution >= 4 is 0 Å². The zero-order chi connectivity index (χ0) is 14.3. The van der Waals surface area contributed by atoms with Crippen molar-refractivity contribution in [1.82, 2.24) is 5.32 Å². The number of hydrogen-bond donors (Lipinski definition) is 1. The van der Waals surface area contributed by atoms with Crippen molar-refractivity contribution in [2.24, 2.45) is 5.92 Å². The molecule has 0 bridgehead atoms. The van der Waals surface area contributed by atoms with Gasteiger partial charge in [-0.05, 0) is 56.6 Å². The van der Waals surface area contributed by atoms with Gasteiger partial charge in [-0.1, -0.05) is 61.2 Å². The molecule has 1 N–H and O–H groups in total. The van der Waals surface area contributed by atoms with E-state index in [-0.39, 0.29) is 0 Å². The van der Waals surface area contributed by atoms with E-state index < -0.39 is 0 Å². The molecule has 2 aliphatic rings. The first-order valence-corrected chi connectivity index (χ1v) is 8.90. The first kappa shape index (κ1) is 14.8. The van der Waals surface area contributed by atoms with Crippen LogP contribution in [0.25, 0.3) is 0 Å². The fourth-order valence-corrected chi connectivity index (χ4v) is 4.04. The molecule has 0 amide bonds. The summed E-state index contributed by atoms with van der Waals surface area (Å²) in [5.74, 6) is 0.832. The number of rotatable bonds is 6. The monoisotopic (exact) mass is 283 g/mol. The zero-order valence-electron chi connectivity index (χ0n) is 13.2. The number of nitrogens with one attached hydrogen (secondary N) is 1. The Labute approximate surface area is 129 Å². The highest BCUT2D eigenvalue weighted by Crippen LogP contribution is 2.34. The molecule has 1 saturated carbocycles. The van der Waals surface area contributed by atoms with Crippen LogP contribution in [0.15, 0.2) is 42.0 Å². The van der Waals surface area contributed by atoms with Crippen molar-refractivity contribution in [2.75, 3.05) is 6.54 Å². The second kappa shape index (κ2) is 7.79. The molecule has 1 nitrogen and oxygen atoms in total. The Hall–Kier alpha value is -1.08. The number of allylic oxidation sites excluding steroid dienone is 1. The molecule has 1 atom stereocenters. The van der Waals surface area contributed by atoms with Gasteiger partial charge in [0.1, 0.15) is 0 Å². The first-order chi connectivity index (χ1) is 10.4. The van der Waals surface area contributed by atoms with Crippen molar-refractivity contribution in [3.05, 3.63) is 47.5 Å². The van der Waals surface area contributed by atoms with Gasteiger partial charge < -0.3 is 5.32 Å². The van der Waals surface area contributed by atoms with Gasteiger partial charge in [0.2, 0.25) is 0 Å². The Morgan fingerprint density at radius 3 is 2.52 bits per heavy atom. The average molecular weight is 283 g/mol. The molecule has 1 unspecified atom stereocenters. The van der Waals surface area contributed by atoms with E-state index in [1.807, 2.05) is 0 Å². The molecule has 1 fully saturated rings. The molecule has 114 valence electrons. The minimum absolute atomic E-state index is 0.563. The van der Waals surface area contributed by atoms with Gasteiger partial charge in [-0.15, -0.1) is 0 Å². The quantitative estimate of drug-likeness (QED) is 0.689. The summed E-state index contributed by atoms with van der Waals surface area (Å²) in [6.45, 7) is 1.14. The number of benzene rings is 1. The lowest BCUT2D eigenvalue weighted by atomic mass is 9.81. The van der Waals surface area contributed by atoms with Crippen molar-refractivity contribution in [3.8, 4) is 0 Å². The van der Waals surface area contributed by atoms with E-state index in [9.17, 15) is 0 Å². The molecular formula is C20H29N. The predicted molar refractivity (Wildman–Crippen MR) is 90.3 cm³/mol. The average Bonchev–Trinajstić information content (AvgIpc) is 3.07. The molecule has 0 saturated heterocycles. The Bertz CT molecular complexity index is 442. The largest absolute Gasteiger partial charge is 0.309 e. The van der Waals surface area contributed by atoms with E-state index in [4.69, 9.17) is 0 Å². The molecule has 2 aliphatic carbocycles. The van der Waals surface area contributed by atoms with Gasteiger partial charge in [-0.25, -0.2) is 0 Å². The standard InChI is InChI=1S/C20H29N/c1-3-11-18(12-4-1)20(19-13-5-2-6-14-19)21-16-15-17-9-7-8-10-17/h1,3-4,9,11-12,19-21H,2,5-8,10,13-16H2. The van der Waals surface area contributed by atoms with Crippen LogP contribution in [0.5, 0.6) is 0 Å². The summed E-state index contributed by atoms with van der Waals surface area (Å²) >= 11 is 0. The van der Waals surface area contributed by atoms with Gasteiger partial charge in [-0.2, -0.15) is 0 Å². The minimum atomic E-state index is 0.563. The first-order valence-electron chi connectivity index (χ1n) is 8.90. The summed E-state index contributed by atoms with van der Waals surface area (Å²) in [6, 6.07) is 11.7. The van der Waals surface area contributed by atoms with Gasteiger partial charge in [-0.3, -0.25) is 0 Å². The molecule has 1 aromatic carbocycles. The molecular weight excluding hydrogens is 254 g/mol. The van der Waals surface area contributed by atoms with Gasteiger partial charge >= 0.3 is 0 Å². The molecule has 0 heterocycles. The fourth-order valence-electron chi connectivity index (χ4n) is 4.04. The predicted octanol–water partition coefficient (Wildman–Crippen LogP) is 5.40. The molecule has 3 rings (SSSR count). The van der Waals surface area contributed by atoms with Crippen LogP contribution in [-0.2, 0) is 0 Å². The summed E-state index contributed by atoms with van der Waals surface area (Å²) in [5.41, 5.74) is 3.17. The highest BCUT2D eigenvalue weighted by molar-refractivity contribution is 5.20. The number of hydrogen-bond acceptors (Lipinski definition) is 1. The van der Waals surface area contributed by atoms with Gasteiger partial charge in [0, 0.05) is 6.04 Å². The van der Waals surface area contributed by atoms with E-state index in [2.05, 4.69) is 41.7 Å². The van der Waals surface area contributed by atoms with E-state index in [1.165, 1.54) is 63.4 Å². The lowest BCUT2D eigenvalue weighted by Gasteiger charge is -2.31. The van der Waals surface area contributed by atoms with Crippen LogP contribution in [-0.4, -0.2) is 6.54 Å². The maximum Gasteiger partial charge on any atom is 0.0348 e. The Morgan fingerprint density at radius 2 is 1.81 bits per heavy atom. The van der Waals surface area contributed by atoms with Crippen LogP contribution in [0.4, 0.5) is 0 Å². The Balaban J connectivity index is 1.60. The normalized spacial score (nSPS) is 21.2. The van der Waals surface area contributed by atoms with Crippen LogP contribution < -0.4 is 5.32 Å². The zero-order valence-corrected chi connectivity index (χ0v) is 13.2. The molecule has 1 aromatic rings. The van der Waals surface area contributed by atoms with Crippen LogP contribution in [0.2, 0.25) is 0 Å². The van der Waals surface area contributed by atoms with Crippen molar-refractivity contribution in [3.63, 3.8) is 0 Å². The van der Waals surface area contributed by atoms with Crippen LogP contribution in [0.3, 0.4) is 0 Å². The summed E-state index contributed by atoms with van der Waals surface area (Å²) in [7, 11) is 0. The van der Waals surface area contributed by atoms with Crippen LogP contribution >= 0.6 is 0 Å². The van der Waals surface area contributed by atoms with Crippen molar-refractivity contribution in [1.29, 1.82) is 0 Å². The summed E-state index contributed by atoms with van der Waals surface area (Å²) in [4.78, 5) is 0. The van der Waals surface area contributed by atoms with Crippen LogP contribution in [0.1, 0.15) is 69.4 Å². The molecule has 0 spiro atoms. The third-order valence-corrected chi connectivity index (χ3v) is 5.23. The topological polar surface area (TPSA) is 12.0 Å². The van der Waals surface area contributed by atoms with Crippen LogP contribution in [0, 0.1) is 5.92 Å². The molecule has 0 radical (unpaired) electrons. The third kappa shape index (κ3) is 4.20. The van der Waals surface area contributed by atoms with E-state index >= 15 is 0 Å². The van der Waals surface area contributed by atoms with Crippen molar-refractivity contribution < 1.29 is 0 Å². The lowest BCUT2D eigenvalue weighted by Crippen LogP contribution is -2.30. The smallest absolute Gasteiger partial charge is 0.0348 e.